The molecular formula is C14H17NO3S. The van der Waals surface area contributed by atoms with E-state index in [1.165, 1.54) is 16.7 Å². The van der Waals surface area contributed by atoms with Crippen LogP contribution in [0.3, 0.4) is 0 Å². The van der Waals surface area contributed by atoms with E-state index in [2.05, 4.69) is 0 Å². The fourth-order valence-electron chi connectivity index (χ4n) is 2.54. The highest BCUT2D eigenvalue weighted by Crippen LogP contribution is 2.41. The molecule has 0 spiro atoms. The SMILES string of the molecule is CCC(CC)(C(=O)O)N1C(=O)CSc2ccccc21. The number of fused-ring (bicyclic) bond motifs is 1. The zero-order valence-electron chi connectivity index (χ0n) is 11.0. The van der Waals surface area contributed by atoms with Gasteiger partial charge in [0.1, 0.15) is 5.54 Å². The van der Waals surface area contributed by atoms with Crippen LogP contribution in [-0.2, 0) is 9.59 Å². The van der Waals surface area contributed by atoms with Crippen molar-refractivity contribution in [3.63, 3.8) is 0 Å². The van der Waals surface area contributed by atoms with Crippen LogP contribution in [0.2, 0.25) is 0 Å². The zero-order chi connectivity index (χ0) is 14.0. The minimum atomic E-state index is -1.14. The molecule has 1 aromatic carbocycles. The molecular weight excluding hydrogens is 262 g/mol. The molecule has 0 radical (unpaired) electrons. The number of anilines is 1. The second-order valence-electron chi connectivity index (χ2n) is 4.53. The van der Waals surface area contributed by atoms with Crippen LogP contribution >= 0.6 is 11.8 Å². The van der Waals surface area contributed by atoms with Crippen molar-refractivity contribution in [1.29, 1.82) is 0 Å². The third-order valence-corrected chi connectivity index (χ3v) is 4.75. The van der Waals surface area contributed by atoms with Crippen LogP contribution < -0.4 is 4.90 Å². The highest BCUT2D eigenvalue weighted by molar-refractivity contribution is 8.00. The minimum absolute atomic E-state index is 0.130. The molecule has 2 rings (SSSR count). The summed E-state index contributed by atoms with van der Waals surface area (Å²) >= 11 is 1.47. The van der Waals surface area contributed by atoms with Gasteiger partial charge >= 0.3 is 5.97 Å². The average Bonchev–Trinajstić information content (AvgIpc) is 2.42. The Hall–Kier alpha value is -1.49. The lowest BCUT2D eigenvalue weighted by molar-refractivity contribution is -0.145. The van der Waals surface area contributed by atoms with Crippen molar-refractivity contribution in [3.8, 4) is 0 Å². The molecule has 19 heavy (non-hydrogen) atoms. The van der Waals surface area contributed by atoms with E-state index in [0.717, 1.165) is 10.6 Å². The number of nitrogens with zero attached hydrogens (tertiary/aromatic N) is 1. The molecule has 1 aromatic rings. The fourth-order valence-corrected chi connectivity index (χ4v) is 3.43. The average molecular weight is 279 g/mol. The van der Waals surface area contributed by atoms with Gasteiger partial charge in [-0.25, -0.2) is 4.79 Å². The van der Waals surface area contributed by atoms with Gasteiger partial charge < -0.3 is 5.11 Å². The lowest BCUT2D eigenvalue weighted by Crippen LogP contribution is -2.58. The summed E-state index contributed by atoms with van der Waals surface area (Å²) in [4.78, 5) is 26.5. The topological polar surface area (TPSA) is 57.6 Å². The highest BCUT2D eigenvalue weighted by atomic mass is 32.2. The largest absolute Gasteiger partial charge is 0.479 e. The third-order valence-electron chi connectivity index (χ3n) is 3.70. The number of thioether (sulfide) groups is 1. The highest BCUT2D eigenvalue weighted by Gasteiger charge is 2.46. The Bertz CT molecular complexity index is 511. The van der Waals surface area contributed by atoms with Crippen LogP contribution in [0.4, 0.5) is 5.69 Å². The van der Waals surface area contributed by atoms with Gasteiger partial charge in [0.05, 0.1) is 11.4 Å². The fraction of sp³-hybridized carbons (Fsp3) is 0.429. The summed E-state index contributed by atoms with van der Waals surface area (Å²) in [6.45, 7) is 3.63. The van der Waals surface area contributed by atoms with E-state index < -0.39 is 11.5 Å². The molecule has 1 amide bonds. The maximum Gasteiger partial charge on any atom is 0.329 e. The van der Waals surface area contributed by atoms with E-state index in [4.69, 9.17) is 0 Å². The molecule has 0 aliphatic carbocycles. The van der Waals surface area contributed by atoms with Crippen LogP contribution in [0.15, 0.2) is 29.2 Å². The predicted octanol–water partition coefficient (Wildman–Crippen LogP) is 2.77. The Kier molecular flexibility index (Phi) is 3.85. The number of carbonyl (C=O) groups excluding carboxylic acids is 1. The molecule has 102 valence electrons. The van der Waals surface area contributed by atoms with Gasteiger partial charge in [0.15, 0.2) is 0 Å². The van der Waals surface area contributed by atoms with Gasteiger partial charge in [-0.3, -0.25) is 9.69 Å². The van der Waals surface area contributed by atoms with E-state index in [0.29, 0.717) is 18.6 Å². The molecule has 0 aromatic heterocycles. The summed E-state index contributed by atoms with van der Waals surface area (Å²) in [6.07, 6.45) is 0.785. The lowest BCUT2D eigenvalue weighted by Gasteiger charge is -2.42. The second-order valence-corrected chi connectivity index (χ2v) is 5.55. The summed E-state index contributed by atoms with van der Waals surface area (Å²) in [6, 6.07) is 7.49. The lowest BCUT2D eigenvalue weighted by atomic mass is 9.89. The molecule has 1 N–H and O–H groups in total. The third kappa shape index (κ3) is 2.12. The quantitative estimate of drug-likeness (QED) is 0.920. The van der Waals surface area contributed by atoms with Crippen LogP contribution in [0.25, 0.3) is 0 Å². The number of carboxylic acid groups (broad SMARTS) is 1. The van der Waals surface area contributed by atoms with E-state index in [1.807, 2.05) is 38.1 Å². The molecule has 5 heteroatoms. The van der Waals surface area contributed by atoms with Crippen LogP contribution in [-0.4, -0.2) is 28.3 Å². The van der Waals surface area contributed by atoms with Crippen molar-refractivity contribution in [2.24, 2.45) is 0 Å². The van der Waals surface area contributed by atoms with Crippen LogP contribution in [0, 0.1) is 0 Å². The normalized spacial score (nSPS) is 15.3. The second kappa shape index (κ2) is 5.25. The first-order valence-corrected chi connectivity index (χ1v) is 7.33. The summed E-state index contributed by atoms with van der Waals surface area (Å²) in [5.74, 6) is -0.770. The Morgan fingerprint density at radius 3 is 2.58 bits per heavy atom. The van der Waals surface area contributed by atoms with Crippen molar-refractivity contribution in [2.75, 3.05) is 10.7 Å². The Labute approximate surface area is 116 Å². The molecule has 0 saturated heterocycles. The standard InChI is InChI=1S/C14H17NO3S/c1-3-14(4-2,13(17)18)15-10-7-5-6-8-11(10)19-9-12(15)16/h5-8H,3-4,9H2,1-2H3,(H,17,18). The monoisotopic (exact) mass is 279 g/mol. The summed E-state index contributed by atoms with van der Waals surface area (Å²) in [5.41, 5.74) is -0.427. The maximum absolute atomic E-state index is 12.3. The molecule has 4 nitrogen and oxygen atoms in total. The molecule has 0 bridgehead atoms. The van der Waals surface area contributed by atoms with Gasteiger partial charge in [0.2, 0.25) is 5.91 Å². The molecule has 0 atom stereocenters. The van der Waals surface area contributed by atoms with Gasteiger partial charge in [0.25, 0.3) is 0 Å². The van der Waals surface area contributed by atoms with Gasteiger partial charge in [0, 0.05) is 4.90 Å². The zero-order valence-corrected chi connectivity index (χ0v) is 11.9. The van der Waals surface area contributed by atoms with Crippen LogP contribution in [0.1, 0.15) is 26.7 Å². The summed E-state index contributed by atoms with van der Waals surface area (Å²) in [5, 5.41) is 9.62. The summed E-state index contributed by atoms with van der Waals surface area (Å²) in [7, 11) is 0. The number of para-hydroxylation sites is 1. The van der Waals surface area contributed by atoms with Crippen molar-refractivity contribution in [1.82, 2.24) is 0 Å². The predicted molar refractivity (Wildman–Crippen MR) is 75.6 cm³/mol. The molecule has 1 aliphatic heterocycles. The number of hydrogen-bond donors (Lipinski definition) is 1. The molecule has 1 heterocycles. The van der Waals surface area contributed by atoms with Crippen molar-refractivity contribution in [3.05, 3.63) is 24.3 Å². The molecule has 0 fully saturated rings. The molecule has 0 unspecified atom stereocenters. The number of benzene rings is 1. The first kappa shape index (κ1) is 13.9. The van der Waals surface area contributed by atoms with E-state index in [-0.39, 0.29) is 5.91 Å². The molecule has 1 aliphatic rings. The Balaban J connectivity index is 2.59. The van der Waals surface area contributed by atoms with Crippen molar-refractivity contribution < 1.29 is 14.7 Å². The van der Waals surface area contributed by atoms with Gasteiger partial charge in [-0.1, -0.05) is 26.0 Å². The number of carboxylic acids is 1. The van der Waals surface area contributed by atoms with Gasteiger partial charge in [-0.2, -0.15) is 0 Å². The first-order chi connectivity index (χ1) is 9.06. The minimum Gasteiger partial charge on any atom is -0.479 e. The Morgan fingerprint density at radius 2 is 2.00 bits per heavy atom. The number of amides is 1. The number of aliphatic carboxylic acids is 1. The molecule has 0 saturated carbocycles. The number of hydrogen-bond acceptors (Lipinski definition) is 3. The smallest absolute Gasteiger partial charge is 0.329 e. The van der Waals surface area contributed by atoms with Crippen molar-refractivity contribution in [2.45, 2.75) is 37.1 Å². The van der Waals surface area contributed by atoms with Gasteiger partial charge in [-0.15, -0.1) is 11.8 Å². The first-order valence-electron chi connectivity index (χ1n) is 6.35. The van der Waals surface area contributed by atoms with Gasteiger partial charge in [-0.05, 0) is 25.0 Å². The maximum atomic E-state index is 12.3. The van der Waals surface area contributed by atoms with Crippen molar-refractivity contribution >= 4 is 29.3 Å². The Morgan fingerprint density at radius 1 is 1.37 bits per heavy atom. The van der Waals surface area contributed by atoms with Crippen LogP contribution in [0.5, 0.6) is 0 Å². The van der Waals surface area contributed by atoms with E-state index in [9.17, 15) is 14.7 Å². The summed E-state index contributed by atoms with van der Waals surface area (Å²) < 4.78 is 0. The number of carbonyl (C=O) groups is 2. The van der Waals surface area contributed by atoms with E-state index >= 15 is 0 Å². The number of rotatable bonds is 4. The van der Waals surface area contributed by atoms with E-state index in [1.54, 1.807) is 0 Å².